The van der Waals surface area contributed by atoms with E-state index in [4.69, 9.17) is 0 Å². The first-order chi connectivity index (χ1) is 9.49. The average molecular weight is 291 g/mol. The fraction of sp³-hybridized carbons (Fsp3) is 0.467. The predicted octanol–water partition coefficient (Wildman–Crippen LogP) is 3.11. The summed E-state index contributed by atoms with van der Waals surface area (Å²) >= 11 is 1.52. The van der Waals surface area contributed by atoms with Gasteiger partial charge in [-0.1, -0.05) is 0 Å². The maximum Gasteiger partial charge on any atom is 0.261 e. The second kappa shape index (κ2) is 6.22. The number of hydrogen-bond donors (Lipinski definition) is 1. The molecule has 0 saturated carbocycles. The first kappa shape index (κ1) is 14.8. The number of amides is 1. The van der Waals surface area contributed by atoms with Crippen molar-refractivity contribution in [3.05, 3.63) is 39.6 Å². The Labute approximate surface area is 123 Å². The van der Waals surface area contributed by atoms with E-state index >= 15 is 0 Å². The van der Waals surface area contributed by atoms with Gasteiger partial charge in [-0.15, -0.1) is 11.3 Å². The van der Waals surface area contributed by atoms with Crippen molar-refractivity contribution in [1.82, 2.24) is 14.9 Å². The van der Waals surface area contributed by atoms with Crippen LogP contribution in [0.2, 0.25) is 0 Å². The molecule has 0 aliphatic heterocycles. The molecule has 0 atom stereocenters. The number of carbonyl (C=O) groups is 1. The van der Waals surface area contributed by atoms with Crippen molar-refractivity contribution >= 4 is 17.2 Å². The number of thiophene rings is 1. The Kier molecular flexibility index (Phi) is 4.60. The molecule has 2 heterocycles. The van der Waals surface area contributed by atoms with E-state index in [-0.39, 0.29) is 5.91 Å². The molecule has 0 saturated heterocycles. The summed E-state index contributed by atoms with van der Waals surface area (Å²) in [6.45, 7) is 8.96. The Bertz CT molecular complexity index is 598. The Balaban J connectivity index is 1.92. The van der Waals surface area contributed by atoms with Gasteiger partial charge >= 0.3 is 0 Å². The van der Waals surface area contributed by atoms with Gasteiger partial charge in [0.1, 0.15) is 5.82 Å². The van der Waals surface area contributed by atoms with Gasteiger partial charge in [-0.3, -0.25) is 4.79 Å². The molecule has 0 aliphatic carbocycles. The summed E-state index contributed by atoms with van der Waals surface area (Å²) in [7, 11) is 0. The summed E-state index contributed by atoms with van der Waals surface area (Å²) in [4.78, 5) is 18.3. The van der Waals surface area contributed by atoms with E-state index in [1.54, 1.807) is 0 Å². The minimum Gasteiger partial charge on any atom is -0.351 e. The van der Waals surface area contributed by atoms with Crippen LogP contribution in [0.1, 0.15) is 46.0 Å². The van der Waals surface area contributed by atoms with Crippen LogP contribution in [-0.2, 0) is 6.42 Å². The summed E-state index contributed by atoms with van der Waals surface area (Å²) in [6, 6.07) is 4.23. The summed E-state index contributed by atoms with van der Waals surface area (Å²) < 4.78 is 2.21. The minimum absolute atomic E-state index is 0.00229. The molecule has 0 aliphatic rings. The number of imidazole rings is 1. The number of aromatic nitrogens is 2. The van der Waals surface area contributed by atoms with E-state index in [1.807, 2.05) is 25.3 Å². The average Bonchev–Trinajstić information content (AvgIpc) is 2.96. The highest BCUT2D eigenvalue weighted by Crippen LogP contribution is 2.15. The van der Waals surface area contributed by atoms with Crippen molar-refractivity contribution in [3.63, 3.8) is 0 Å². The lowest BCUT2D eigenvalue weighted by Crippen LogP contribution is -2.26. The molecule has 0 unspecified atom stereocenters. The highest BCUT2D eigenvalue weighted by atomic mass is 32.1. The molecule has 20 heavy (non-hydrogen) atoms. The van der Waals surface area contributed by atoms with E-state index in [2.05, 4.69) is 35.6 Å². The van der Waals surface area contributed by atoms with E-state index in [0.717, 1.165) is 27.7 Å². The Morgan fingerprint density at radius 2 is 2.15 bits per heavy atom. The van der Waals surface area contributed by atoms with Crippen molar-refractivity contribution < 1.29 is 4.79 Å². The molecule has 2 rings (SSSR count). The zero-order valence-electron chi connectivity index (χ0n) is 12.4. The summed E-state index contributed by atoms with van der Waals surface area (Å²) in [5.41, 5.74) is 1.16. The van der Waals surface area contributed by atoms with Crippen LogP contribution in [-0.4, -0.2) is 22.0 Å². The van der Waals surface area contributed by atoms with Gasteiger partial charge in [-0.2, -0.15) is 0 Å². The van der Waals surface area contributed by atoms with Crippen molar-refractivity contribution in [2.24, 2.45) is 0 Å². The molecule has 108 valence electrons. The molecule has 4 nitrogen and oxygen atoms in total. The minimum atomic E-state index is 0.00229. The number of carbonyl (C=O) groups excluding carboxylic acids is 1. The zero-order chi connectivity index (χ0) is 14.7. The highest BCUT2D eigenvalue weighted by Gasteiger charge is 2.11. The molecule has 2 aromatic heterocycles. The monoisotopic (exact) mass is 291 g/mol. The molecule has 5 heteroatoms. The van der Waals surface area contributed by atoms with Gasteiger partial charge in [0.25, 0.3) is 5.91 Å². The van der Waals surface area contributed by atoms with Crippen LogP contribution >= 0.6 is 11.3 Å². The molecular weight excluding hydrogens is 270 g/mol. The van der Waals surface area contributed by atoms with Crippen LogP contribution in [0.15, 0.2) is 18.3 Å². The zero-order valence-corrected chi connectivity index (χ0v) is 13.3. The van der Waals surface area contributed by atoms with Crippen molar-refractivity contribution in [3.8, 4) is 0 Å². The van der Waals surface area contributed by atoms with Crippen molar-refractivity contribution in [1.29, 1.82) is 0 Å². The molecule has 0 radical (unpaired) electrons. The van der Waals surface area contributed by atoms with Crippen LogP contribution in [0.3, 0.4) is 0 Å². The molecule has 2 aromatic rings. The second-order valence-electron chi connectivity index (χ2n) is 5.20. The van der Waals surface area contributed by atoms with Gasteiger partial charge in [-0.25, -0.2) is 4.98 Å². The van der Waals surface area contributed by atoms with Crippen molar-refractivity contribution in [2.75, 3.05) is 6.54 Å². The van der Waals surface area contributed by atoms with E-state index < -0.39 is 0 Å². The van der Waals surface area contributed by atoms with Gasteiger partial charge in [0.2, 0.25) is 0 Å². The van der Waals surface area contributed by atoms with E-state index in [9.17, 15) is 4.79 Å². The highest BCUT2D eigenvalue weighted by molar-refractivity contribution is 7.13. The lowest BCUT2D eigenvalue weighted by atomic mass is 10.3. The SMILES string of the molecule is Cc1ccc(C(=O)NCCc2ncc(C)n2C(C)C)s1. The molecule has 0 bridgehead atoms. The van der Waals surface area contributed by atoms with Gasteiger partial charge in [-0.05, 0) is 39.8 Å². The fourth-order valence-electron chi connectivity index (χ4n) is 2.32. The van der Waals surface area contributed by atoms with Gasteiger partial charge in [0, 0.05) is 35.8 Å². The van der Waals surface area contributed by atoms with Crippen molar-refractivity contribution in [2.45, 2.75) is 40.2 Å². The third-order valence-corrected chi connectivity index (χ3v) is 4.17. The number of aryl methyl sites for hydroxylation is 2. The quantitative estimate of drug-likeness (QED) is 0.920. The van der Waals surface area contributed by atoms with Gasteiger partial charge in [0.15, 0.2) is 0 Å². The van der Waals surface area contributed by atoms with E-state index in [1.165, 1.54) is 11.3 Å². The number of hydrogen-bond acceptors (Lipinski definition) is 3. The molecule has 1 amide bonds. The van der Waals surface area contributed by atoms with E-state index in [0.29, 0.717) is 12.6 Å². The molecule has 0 fully saturated rings. The largest absolute Gasteiger partial charge is 0.351 e. The third-order valence-electron chi connectivity index (χ3n) is 3.17. The number of rotatable bonds is 5. The maximum atomic E-state index is 11.9. The number of nitrogens with one attached hydrogen (secondary N) is 1. The van der Waals surface area contributed by atoms with Crippen LogP contribution in [0.5, 0.6) is 0 Å². The van der Waals surface area contributed by atoms with Gasteiger partial charge in [0.05, 0.1) is 4.88 Å². The lowest BCUT2D eigenvalue weighted by Gasteiger charge is -2.14. The molecule has 0 aromatic carbocycles. The molecule has 0 spiro atoms. The van der Waals surface area contributed by atoms with Crippen LogP contribution in [0.25, 0.3) is 0 Å². The summed E-state index contributed by atoms with van der Waals surface area (Å²) in [5.74, 6) is 1.03. The Morgan fingerprint density at radius 1 is 1.40 bits per heavy atom. The Hall–Kier alpha value is -1.62. The standard InChI is InChI=1S/C15H21N3OS/c1-10(2)18-11(3)9-17-14(18)7-8-16-15(19)13-6-5-12(4)20-13/h5-6,9-10H,7-8H2,1-4H3,(H,16,19). The number of nitrogens with zero attached hydrogens (tertiary/aromatic N) is 2. The predicted molar refractivity (Wildman–Crippen MR) is 82.4 cm³/mol. The first-order valence-corrected chi connectivity index (χ1v) is 7.68. The summed E-state index contributed by atoms with van der Waals surface area (Å²) in [6.07, 6.45) is 2.64. The first-order valence-electron chi connectivity index (χ1n) is 6.86. The molecule has 1 N–H and O–H groups in total. The van der Waals surface area contributed by atoms with Crippen LogP contribution in [0.4, 0.5) is 0 Å². The summed E-state index contributed by atoms with van der Waals surface area (Å²) in [5, 5.41) is 2.95. The fourth-order valence-corrected chi connectivity index (χ4v) is 3.10. The van der Waals surface area contributed by atoms with Crippen LogP contribution in [0, 0.1) is 13.8 Å². The second-order valence-corrected chi connectivity index (χ2v) is 6.48. The Morgan fingerprint density at radius 3 is 2.75 bits per heavy atom. The smallest absolute Gasteiger partial charge is 0.261 e. The third kappa shape index (κ3) is 3.28. The maximum absolute atomic E-state index is 11.9. The lowest BCUT2D eigenvalue weighted by molar-refractivity contribution is 0.0958. The van der Waals surface area contributed by atoms with Gasteiger partial charge < -0.3 is 9.88 Å². The topological polar surface area (TPSA) is 46.9 Å². The van der Waals surface area contributed by atoms with Crippen LogP contribution < -0.4 is 5.32 Å². The normalized spacial score (nSPS) is 11.1. The molecular formula is C15H21N3OS.